The largest absolute Gasteiger partial charge is 0.309 e. The van der Waals surface area contributed by atoms with E-state index in [9.17, 15) is 0 Å². The highest BCUT2D eigenvalue weighted by atomic mass is 15.2. The molecule has 3 aliphatic rings. The number of anilines is 9. The van der Waals surface area contributed by atoms with E-state index in [0.29, 0.717) is 0 Å². The number of nitrogens with zero attached hydrogens (tertiary/aromatic N) is 9. The molecule has 0 atom stereocenters. The molecule has 0 bridgehead atoms. The summed E-state index contributed by atoms with van der Waals surface area (Å²) in [7, 11) is 0. The van der Waals surface area contributed by atoms with Crippen LogP contribution in [0.4, 0.5) is 51.2 Å². The standard InChI is InChI=1S/C46H29N3.C44H27N3.C40H25N3/c1-2-10-30(11-3-1)31-20-22-33(23-21-31)45-46(48-41-18-7-6-17-40(41)47-45)34-24-26-37(27-25-34)49-42-19-9-15-32-14-8-16-38(44(32)42)39-28-35-12-4-5-13-36(35)29-43(39)49;1-2-11-30-24-34(23-22-28(30)10-1)44-43(45-38-19-5-6-20-39(38)46-44)33-16-7-17-35(25-33)47-40-21-9-15-29-14-8-18-36(42(29)40)37-26-31-12-3-4-13-32(31)27-41(37)47;1-2-10-27(11-3-1)39-40(42-35-18-7-6-17-34(35)41-39)28-20-22-31(23-21-28)43-36-19-9-15-26-14-8-16-32(38(26)36)33-24-29-12-4-5-13-30(29)25-37(33)43/h1-29H;1-27H;1-25H. The first-order valence-corrected chi connectivity index (χ1v) is 47.3. The van der Waals surface area contributed by atoms with E-state index < -0.39 is 0 Å². The minimum atomic E-state index is 0.871. The van der Waals surface area contributed by atoms with Crippen LogP contribution in [-0.4, -0.2) is 29.9 Å². The maximum atomic E-state index is 5.27. The fourth-order valence-corrected chi connectivity index (χ4v) is 21.2. The van der Waals surface area contributed by atoms with Gasteiger partial charge in [0, 0.05) is 83.3 Å². The Labute approximate surface area is 802 Å². The van der Waals surface area contributed by atoms with Gasteiger partial charge in [-0.15, -0.1) is 0 Å². The second-order valence-corrected chi connectivity index (χ2v) is 35.9. The van der Waals surface area contributed by atoms with Gasteiger partial charge in [0.05, 0.1) is 101 Å². The molecule has 0 aliphatic carbocycles. The predicted octanol–water partition coefficient (Wildman–Crippen LogP) is 35.0. The first-order valence-electron chi connectivity index (χ1n) is 47.3. The average Bonchev–Trinajstić information content (AvgIpc) is 0.726. The summed E-state index contributed by atoms with van der Waals surface area (Å²) in [6.45, 7) is 0. The third-order valence-electron chi connectivity index (χ3n) is 27.8. The van der Waals surface area contributed by atoms with Gasteiger partial charge in [-0.2, -0.15) is 0 Å². The molecular weight excluding hydrogens is 1690 g/mol. The van der Waals surface area contributed by atoms with Crippen LogP contribution < -0.4 is 14.7 Å². The maximum absolute atomic E-state index is 5.27. The van der Waals surface area contributed by atoms with Crippen LogP contribution >= 0.6 is 0 Å². The van der Waals surface area contributed by atoms with E-state index in [1.165, 1.54) is 154 Å². The van der Waals surface area contributed by atoms with Gasteiger partial charge in [-0.05, 0) is 221 Å². The summed E-state index contributed by atoms with van der Waals surface area (Å²) in [6, 6.07) is 175. The lowest BCUT2D eigenvalue weighted by Gasteiger charge is -2.34. The SMILES string of the molecule is c1cc(-c2nc3ccccc3nc2-c2ccc3ccccc3c2)cc(N2c3cc4ccccc4cc3-c3cccc4cccc2c34)c1.c1ccc(-c2ccc(-c3nc4ccccc4nc3-c3ccc(N4c5cc6ccccc6cc5-c5cccc6cccc4c56)cc3)cc2)cc1.c1ccc(-c2nc3ccccc3nc2-c2ccc(N3c4cc5ccccc5cc4-c4cccc5cccc3c45)cc2)cc1. The second-order valence-electron chi connectivity index (χ2n) is 35.9. The van der Waals surface area contributed by atoms with E-state index in [1.807, 2.05) is 84.9 Å². The zero-order chi connectivity index (χ0) is 91.5. The molecule has 6 heterocycles. The smallest absolute Gasteiger partial charge is 0.0973 e. The van der Waals surface area contributed by atoms with E-state index in [-0.39, 0.29) is 0 Å². The van der Waals surface area contributed by atoms with Gasteiger partial charge >= 0.3 is 0 Å². The van der Waals surface area contributed by atoms with Crippen molar-refractivity contribution in [3.05, 3.63) is 491 Å². The molecule has 0 N–H and O–H groups in total. The summed E-state index contributed by atoms with van der Waals surface area (Å²) in [5, 5.41) is 17.3. The Hall–Kier alpha value is -18.7. The molecule has 26 aromatic rings. The summed E-state index contributed by atoms with van der Waals surface area (Å²) in [5.41, 5.74) is 37.1. The zero-order valence-electron chi connectivity index (χ0n) is 75.3. The monoisotopic (exact) mass is 1770 g/mol. The topological polar surface area (TPSA) is 87.1 Å². The summed E-state index contributed by atoms with van der Waals surface area (Å²) < 4.78 is 0. The van der Waals surface area contributed by atoms with Crippen LogP contribution in [0.2, 0.25) is 0 Å². The predicted molar refractivity (Wildman–Crippen MR) is 580 cm³/mol. The van der Waals surface area contributed by atoms with Crippen LogP contribution in [0.25, 0.3) is 221 Å². The lowest BCUT2D eigenvalue weighted by Crippen LogP contribution is -2.15. The quantitative estimate of drug-likeness (QED) is 0.133. The van der Waals surface area contributed by atoms with Gasteiger partial charge in [-0.3, -0.25) is 0 Å². The fourth-order valence-electron chi connectivity index (χ4n) is 21.2. The fraction of sp³-hybridized carbons (Fsp3) is 0. The Kier molecular flexibility index (Phi) is 19.1. The average molecular weight is 1770 g/mol. The molecule has 0 fully saturated rings. The number of aromatic nitrogens is 6. The van der Waals surface area contributed by atoms with Crippen molar-refractivity contribution in [1.29, 1.82) is 0 Å². The van der Waals surface area contributed by atoms with E-state index in [2.05, 4.69) is 421 Å². The number of hydrogen-bond acceptors (Lipinski definition) is 9. The van der Waals surface area contributed by atoms with Crippen LogP contribution in [0.1, 0.15) is 0 Å². The van der Waals surface area contributed by atoms with Gasteiger partial charge in [-0.1, -0.05) is 358 Å². The molecular formula is C130H81N9. The Morgan fingerprint density at radius 2 is 0.360 bits per heavy atom. The molecule has 139 heavy (non-hydrogen) atoms. The van der Waals surface area contributed by atoms with Crippen molar-refractivity contribution in [1.82, 2.24) is 29.9 Å². The highest BCUT2D eigenvalue weighted by Gasteiger charge is 2.32. The number of rotatable bonds is 10. The third-order valence-corrected chi connectivity index (χ3v) is 27.8. The third kappa shape index (κ3) is 13.9. The minimum Gasteiger partial charge on any atom is -0.309 e. The van der Waals surface area contributed by atoms with Crippen LogP contribution in [0.5, 0.6) is 0 Å². The summed E-state index contributed by atoms with van der Waals surface area (Å²) in [4.78, 5) is 38.3. The van der Waals surface area contributed by atoms with Crippen molar-refractivity contribution in [2.24, 2.45) is 0 Å². The lowest BCUT2D eigenvalue weighted by molar-refractivity contribution is 1.27. The van der Waals surface area contributed by atoms with Gasteiger partial charge in [0.2, 0.25) is 0 Å². The van der Waals surface area contributed by atoms with Crippen molar-refractivity contribution in [2.45, 2.75) is 0 Å². The lowest BCUT2D eigenvalue weighted by atomic mass is 9.89. The number of fused-ring (bicyclic) bond motifs is 13. The number of para-hydroxylation sites is 6. The van der Waals surface area contributed by atoms with Crippen LogP contribution in [-0.2, 0) is 0 Å². The van der Waals surface area contributed by atoms with E-state index in [1.54, 1.807) is 0 Å². The molecule has 29 rings (SSSR count). The molecule has 0 radical (unpaired) electrons. The van der Waals surface area contributed by atoms with Gasteiger partial charge in [-0.25, -0.2) is 29.9 Å². The van der Waals surface area contributed by atoms with Gasteiger partial charge in [0.15, 0.2) is 0 Å². The minimum absolute atomic E-state index is 0.871. The van der Waals surface area contributed by atoms with Crippen molar-refractivity contribution in [2.75, 3.05) is 14.7 Å². The van der Waals surface area contributed by atoms with Crippen molar-refractivity contribution in [3.8, 4) is 112 Å². The molecule has 0 saturated carbocycles. The number of hydrogen-bond donors (Lipinski definition) is 0. The molecule has 0 amide bonds. The highest BCUT2D eigenvalue weighted by molar-refractivity contribution is 6.20. The molecule has 0 spiro atoms. The van der Waals surface area contributed by atoms with E-state index in [0.717, 1.165) is 118 Å². The normalized spacial score (nSPS) is 12.1. The Balaban J connectivity index is 0.000000105. The van der Waals surface area contributed by atoms with Crippen LogP contribution in [0.3, 0.4) is 0 Å². The van der Waals surface area contributed by atoms with Gasteiger partial charge < -0.3 is 14.7 Å². The first kappa shape index (κ1) is 80.0. The van der Waals surface area contributed by atoms with Crippen LogP contribution in [0.15, 0.2) is 491 Å². The molecule has 646 valence electrons. The molecule has 23 aromatic carbocycles. The number of benzene rings is 23. The highest BCUT2D eigenvalue weighted by Crippen LogP contribution is 2.57. The van der Waals surface area contributed by atoms with Crippen molar-refractivity contribution < 1.29 is 0 Å². The molecule has 9 heteroatoms. The van der Waals surface area contributed by atoms with Crippen molar-refractivity contribution >= 4 is 160 Å². The van der Waals surface area contributed by atoms with Gasteiger partial charge in [0.1, 0.15) is 0 Å². The molecule has 0 unspecified atom stereocenters. The summed E-state index contributed by atoms with van der Waals surface area (Å²) in [5.74, 6) is 0. The van der Waals surface area contributed by atoms with E-state index in [4.69, 9.17) is 29.9 Å². The van der Waals surface area contributed by atoms with Gasteiger partial charge in [0.25, 0.3) is 0 Å². The first-order chi connectivity index (χ1) is 68.9. The molecule has 0 saturated heterocycles. The molecule has 9 nitrogen and oxygen atoms in total. The zero-order valence-corrected chi connectivity index (χ0v) is 75.3. The second kappa shape index (κ2) is 33.2. The molecule has 3 aliphatic heterocycles. The summed E-state index contributed by atoms with van der Waals surface area (Å²) >= 11 is 0. The Bertz CT molecular complexity index is 9460. The Morgan fingerprint density at radius 1 is 0.122 bits per heavy atom. The van der Waals surface area contributed by atoms with E-state index >= 15 is 0 Å². The Morgan fingerprint density at radius 3 is 0.727 bits per heavy atom. The maximum Gasteiger partial charge on any atom is 0.0973 e. The van der Waals surface area contributed by atoms with Crippen molar-refractivity contribution in [3.63, 3.8) is 0 Å². The summed E-state index contributed by atoms with van der Waals surface area (Å²) in [6.07, 6.45) is 0. The van der Waals surface area contributed by atoms with Crippen LogP contribution in [0, 0.1) is 0 Å². The molecule has 3 aromatic heterocycles.